The van der Waals surface area contributed by atoms with Crippen molar-refractivity contribution in [2.75, 3.05) is 5.73 Å². The van der Waals surface area contributed by atoms with E-state index in [2.05, 4.69) is 9.97 Å². The molecule has 37 heavy (non-hydrogen) atoms. The number of halogens is 1. The smallest absolute Gasteiger partial charge is 0.278 e. The molecule has 0 amide bonds. The van der Waals surface area contributed by atoms with Crippen molar-refractivity contribution in [2.24, 2.45) is 0 Å². The minimum absolute atomic E-state index is 0.174. The maximum Gasteiger partial charge on any atom is 0.278 e. The van der Waals surface area contributed by atoms with Gasteiger partial charge in [-0.1, -0.05) is 30.3 Å². The van der Waals surface area contributed by atoms with E-state index in [4.69, 9.17) is 10.8 Å². The molecule has 0 aliphatic carbocycles. The van der Waals surface area contributed by atoms with Crippen molar-refractivity contribution in [2.45, 2.75) is 19.5 Å². The molecule has 0 spiro atoms. The third-order valence-corrected chi connectivity index (χ3v) is 6.52. The normalized spacial score (nSPS) is 12.4. The van der Waals surface area contributed by atoms with Crippen LogP contribution in [0.15, 0.2) is 84.2 Å². The van der Waals surface area contributed by atoms with Gasteiger partial charge in [0, 0.05) is 24.0 Å². The zero-order valence-corrected chi connectivity index (χ0v) is 19.8. The number of nitrogen functional groups attached to an aromatic ring is 1. The molecule has 4 aromatic heterocycles. The van der Waals surface area contributed by atoms with Crippen molar-refractivity contribution in [3.05, 3.63) is 107 Å². The number of hydrogen-bond donors (Lipinski definition) is 2. The summed E-state index contributed by atoms with van der Waals surface area (Å²) in [6.45, 7) is 2.13. The van der Waals surface area contributed by atoms with E-state index in [1.54, 1.807) is 38.2 Å². The lowest BCUT2D eigenvalue weighted by Crippen LogP contribution is -2.31. The second-order valence-electron chi connectivity index (χ2n) is 8.84. The van der Waals surface area contributed by atoms with Gasteiger partial charge in [-0.3, -0.25) is 9.36 Å². The zero-order chi connectivity index (χ0) is 25.7. The van der Waals surface area contributed by atoms with Gasteiger partial charge < -0.3 is 15.4 Å². The van der Waals surface area contributed by atoms with E-state index < -0.39 is 5.82 Å². The number of nitrogens with two attached hydrogens (primary N) is 1. The summed E-state index contributed by atoms with van der Waals surface area (Å²) in [7, 11) is 0. The molecule has 6 aromatic rings. The largest absolute Gasteiger partial charge is 0.508 e. The summed E-state index contributed by atoms with van der Waals surface area (Å²) in [4.78, 5) is 22.2. The molecule has 0 saturated heterocycles. The van der Waals surface area contributed by atoms with Crippen LogP contribution in [-0.2, 0) is 6.54 Å². The van der Waals surface area contributed by atoms with Crippen molar-refractivity contribution in [1.82, 2.24) is 28.7 Å². The fraction of sp³-hybridized carbons (Fsp3) is 0.111. The van der Waals surface area contributed by atoms with Crippen LogP contribution in [0, 0.1) is 5.82 Å². The number of anilines is 1. The molecule has 0 radical (unpaired) electrons. The number of fused-ring (bicyclic) bond motifs is 2. The fourth-order valence-electron chi connectivity index (χ4n) is 4.80. The Morgan fingerprint density at radius 3 is 2.68 bits per heavy atom. The molecule has 3 N–H and O–H groups in total. The molecular formula is C27H22FN7O2. The summed E-state index contributed by atoms with van der Waals surface area (Å²) in [5.41, 5.74) is 8.94. The Kier molecular flexibility index (Phi) is 5.22. The van der Waals surface area contributed by atoms with Gasteiger partial charge >= 0.3 is 0 Å². The van der Waals surface area contributed by atoms with Crippen LogP contribution in [0.5, 0.6) is 5.75 Å². The van der Waals surface area contributed by atoms with E-state index in [1.807, 2.05) is 37.3 Å². The van der Waals surface area contributed by atoms with Crippen LogP contribution in [-0.4, -0.2) is 33.8 Å². The van der Waals surface area contributed by atoms with Crippen molar-refractivity contribution < 1.29 is 9.50 Å². The second kappa shape index (κ2) is 8.59. The van der Waals surface area contributed by atoms with Crippen molar-refractivity contribution in [3.63, 3.8) is 0 Å². The lowest BCUT2D eigenvalue weighted by atomic mass is 10.1. The molecule has 1 unspecified atom stereocenters. The third kappa shape index (κ3) is 3.79. The highest BCUT2D eigenvalue weighted by molar-refractivity contribution is 6.00. The number of rotatable bonds is 5. The number of benzene rings is 2. The molecule has 6 rings (SSSR count). The van der Waals surface area contributed by atoms with E-state index in [1.165, 1.54) is 18.5 Å². The molecular weight excluding hydrogens is 473 g/mol. The van der Waals surface area contributed by atoms with Crippen LogP contribution in [0.2, 0.25) is 0 Å². The quantitative estimate of drug-likeness (QED) is 0.374. The average molecular weight is 496 g/mol. The van der Waals surface area contributed by atoms with Crippen molar-refractivity contribution >= 4 is 22.4 Å². The van der Waals surface area contributed by atoms with Gasteiger partial charge in [0.05, 0.1) is 18.0 Å². The van der Waals surface area contributed by atoms with Crippen LogP contribution >= 0.6 is 0 Å². The number of aromatic hydroxyl groups is 1. The Balaban J connectivity index is 1.56. The van der Waals surface area contributed by atoms with Crippen LogP contribution in [0.4, 0.5) is 10.2 Å². The number of phenolic OH excluding ortho intramolecular Hbond substituents is 1. The minimum atomic E-state index is -0.587. The fourth-order valence-corrected chi connectivity index (χ4v) is 4.80. The topological polar surface area (TPSA) is 116 Å². The highest BCUT2D eigenvalue weighted by Gasteiger charge is 2.21. The Labute approximate surface area is 209 Å². The molecule has 0 saturated carbocycles. The van der Waals surface area contributed by atoms with Gasteiger partial charge in [0.15, 0.2) is 5.82 Å². The van der Waals surface area contributed by atoms with E-state index in [0.29, 0.717) is 33.5 Å². The van der Waals surface area contributed by atoms with Crippen LogP contribution in [0.1, 0.15) is 24.4 Å². The molecule has 2 aromatic carbocycles. The van der Waals surface area contributed by atoms with Gasteiger partial charge in [-0.15, -0.1) is 0 Å². The summed E-state index contributed by atoms with van der Waals surface area (Å²) < 4.78 is 19.2. The third-order valence-electron chi connectivity index (χ3n) is 6.52. The number of hydrogen-bond acceptors (Lipinski definition) is 6. The lowest BCUT2D eigenvalue weighted by Gasteiger charge is -2.20. The Morgan fingerprint density at radius 1 is 1.08 bits per heavy atom. The van der Waals surface area contributed by atoms with Gasteiger partial charge in [-0.05, 0) is 42.3 Å². The number of nitrogens with zero attached hydrogens (tertiary/aromatic N) is 6. The van der Waals surface area contributed by atoms with Crippen LogP contribution < -0.4 is 11.3 Å². The summed E-state index contributed by atoms with van der Waals surface area (Å²) >= 11 is 0. The van der Waals surface area contributed by atoms with Crippen molar-refractivity contribution in [1.29, 1.82) is 0 Å². The summed E-state index contributed by atoms with van der Waals surface area (Å²) in [6.07, 6.45) is 4.84. The monoisotopic (exact) mass is 495 g/mol. The first-order chi connectivity index (χ1) is 17.9. The first-order valence-corrected chi connectivity index (χ1v) is 11.6. The summed E-state index contributed by atoms with van der Waals surface area (Å²) in [5, 5.41) is 15.3. The first-order valence-electron chi connectivity index (χ1n) is 11.6. The maximum absolute atomic E-state index is 14.2. The summed E-state index contributed by atoms with van der Waals surface area (Å²) in [6, 6.07) is 16.7. The highest BCUT2D eigenvalue weighted by Crippen LogP contribution is 2.35. The van der Waals surface area contributed by atoms with Gasteiger partial charge in [0.1, 0.15) is 34.9 Å². The predicted octanol–water partition coefficient (Wildman–Crippen LogP) is 3.99. The summed E-state index contributed by atoms with van der Waals surface area (Å²) in [5.74, 6) is -0.0905. The van der Waals surface area contributed by atoms with Gasteiger partial charge in [-0.2, -0.15) is 5.10 Å². The van der Waals surface area contributed by atoms with Crippen molar-refractivity contribution in [3.8, 4) is 16.9 Å². The predicted molar refractivity (Wildman–Crippen MR) is 138 cm³/mol. The van der Waals surface area contributed by atoms with E-state index in [0.717, 1.165) is 11.6 Å². The Morgan fingerprint density at radius 2 is 1.89 bits per heavy atom. The molecule has 4 heterocycles. The lowest BCUT2D eigenvalue weighted by molar-refractivity contribution is 0.469. The number of phenols is 1. The molecule has 0 fully saturated rings. The molecule has 0 aliphatic heterocycles. The van der Waals surface area contributed by atoms with Crippen LogP contribution in [0.3, 0.4) is 0 Å². The molecule has 10 heteroatoms. The minimum Gasteiger partial charge on any atom is -0.508 e. The van der Waals surface area contributed by atoms with Crippen LogP contribution in [0.25, 0.3) is 27.7 Å². The van der Waals surface area contributed by atoms with Gasteiger partial charge in [0.2, 0.25) is 0 Å². The second-order valence-corrected chi connectivity index (χ2v) is 8.84. The highest BCUT2D eigenvalue weighted by atomic mass is 19.1. The Hall–Kier alpha value is -4.99. The van der Waals surface area contributed by atoms with E-state index >= 15 is 0 Å². The van der Waals surface area contributed by atoms with E-state index in [9.17, 15) is 14.3 Å². The number of aromatic nitrogens is 6. The average Bonchev–Trinajstić information content (AvgIpc) is 3.50. The zero-order valence-electron chi connectivity index (χ0n) is 19.8. The van der Waals surface area contributed by atoms with E-state index in [-0.39, 0.29) is 29.7 Å². The standard InChI is InChI=1S/C27H22FN7O2/c1-16(17-6-3-2-4-7-17)35-23(32-34-9-5-8-22(34)27(35)37)14-33-13-21(18-10-19(28)12-20(36)11-18)24-25(29)30-15-31-26(24)33/h2-13,15-16,36H,14H2,1H3,(H2,29,30,31). The molecule has 1 atom stereocenters. The molecule has 9 nitrogen and oxygen atoms in total. The Bertz CT molecular complexity index is 1820. The first kappa shape index (κ1) is 22.5. The SMILES string of the molecule is CC(c1ccccc1)n1c(Cn2cc(-c3cc(O)cc(F)c3)c3c(N)ncnc32)nn2cccc2c1=O. The molecule has 0 bridgehead atoms. The van der Waals surface area contributed by atoms with Gasteiger partial charge in [0.25, 0.3) is 5.56 Å². The maximum atomic E-state index is 14.2. The molecule has 184 valence electrons. The molecule has 0 aliphatic rings. The van der Waals surface area contributed by atoms with Gasteiger partial charge in [-0.25, -0.2) is 18.9 Å².